The van der Waals surface area contributed by atoms with Crippen LogP contribution < -0.4 is 9.47 Å². The second kappa shape index (κ2) is 5.11. The van der Waals surface area contributed by atoms with Gasteiger partial charge in [-0.1, -0.05) is 0 Å². The Balaban J connectivity index is 2.66. The van der Waals surface area contributed by atoms with E-state index in [4.69, 9.17) is 16.3 Å². The summed E-state index contributed by atoms with van der Waals surface area (Å²) >= 11 is 5.35. The minimum absolute atomic E-state index is 0.213. The van der Waals surface area contributed by atoms with Crippen LogP contribution in [-0.4, -0.2) is 18.8 Å². The lowest BCUT2D eigenvalue weighted by Crippen LogP contribution is -2.17. The van der Waals surface area contributed by atoms with Crippen LogP contribution in [0, 0.1) is 6.07 Å². The van der Waals surface area contributed by atoms with Crippen molar-refractivity contribution in [3.05, 3.63) is 24.3 Å². The first kappa shape index (κ1) is 12.0. The standard InChI is InChI=1S/C9H7ClF3O2/c10-4-5-14-7-2-1-3-8(6-7)15-9(11,12)13/h2-3,6H,4-5H2. The molecule has 0 aliphatic carbocycles. The van der Waals surface area contributed by atoms with Crippen LogP contribution in [0.15, 0.2) is 18.2 Å². The van der Waals surface area contributed by atoms with E-state index < -0.39 is 6.36 Å². The van der Waals surface area contributed by atoms with Crippen LogP contribution in [-0.2, 0) is 0 Å². The van der Waals surface area contributed by atoms with Crippen molar-refractivity contribution in [2.24, 2.45) is 0 Å². The zero-order chi connectivity index (χ0) is 11.3. The minimum Gasteiger partial charge on any atom is -0.492 e. The van der Waals surface area contributed by atoms with Gasteiger partial charge in [0.05, 0.1) is 5.88 Å². The van der Waals surface area contributed by atoms with Crippen LogP contribution in [0.3, 0.4) is 0 Å². The van der Waals surface area contributed by atoms with E-state index in [0.717, 1.165) is 12.1 Å². The average Bonchev–Trinajstić information content (AvgIpc) is 2.12. The molecule has 0 saturated heterocycles. The van der Waals surface area contributed by atoms with Crippen LogP contribution in [0.25, 0.3) is 0 Å². The van der Waals surface area contributed by atoms with Gasteiger partial charge in [0.25, 0.3) is 0 Å². The van der Waals surface area contributed by atoms with Gasteiger partial charge in [0.1, 0.15) is 18.1 Å². The summed E-state index contributed by atoms with van der Waals surface area (Å²) in [7, 11) is 0. The van der Waals surface area contributed by atoms with Gasteiger partial charge in [-0.15, -0.1) is 24.8 Å². The maximum absolute atomic E-state index is 11.8. The third kappa shape index (κ3) is 4.78. The lowest BCUT2D eigenvalue weighted by molar-refractivity contribution is -0.274. The van der Waals surface area contributed by atoms with Crippen LogP contribution in [0.5, 0.6) is 11.5 Å². The van der Waals surface area contributed by atoms with Gasteiger partial charge in [-0.2, -0.15) is 0 Å². The highest BCUT2D eigenvalue weighted by Crippen LogP contribution is 2.25. The molecule has 0 saturated carbocycles. The van der Waals surface area contributed by atoms with Crippen molar-refractivity contribution in [3.63, 3.8) is 0 Å². The van der Waals surface area contributed by atoms with E-state index in [1.165, 1.54) is 6.07 Å². The van der Waals surface area contributed by atoms with Gasteiger partial charge in [0.15, 0.2) is 0 Å². The minimum atomic E-state index is -4.71. The van der Waals surface area contributed by atoms with Crippen molar-refractivity contribution in [1.29, 1.82) is 0 Å². The molecule has 0 unspecified atom stereocenters. The van der Waals surface area contributed by atoms with Gasteiger partial charge in [0.2, 0.25) is 0 Å². The summed E-state index contributed by atoms with van der Waals surface area (Å²) < 4.78 is 44.2. The molecule has 2 nitrogen and oxygen atoms in total. The number of halogens is 4. The number of rotatable bonds is 4. The van der Waals surface area contributed by atoms with Crippen molar-refractivity contribution in [2.45, 2.75) is 6.36 Å². The molecule has 1 radical (unpaired) electrons. The molecule has 0 amide bonds. The number of ether oxygens (including phenoxy) is 2. The fraction of sp³-hybridized carbons (Fsp3) is 0.333. The number of benzene rings is 1. The molecule has 0 bridgehead atoms. The Bertz CT molecular complexity index is 314. The van der Waals surface area contributed by atoms with Gasteiger partial charge in [0, 0.05) is 6.07 Å². The van der Waals surface area contributed by atoms with E-state index in [1.54, 1.807) is 0 Å². The fourth-order valence-corrected chi connectivity index (χ4v) is 0.939. The zero-order valence-corrected chi connectivity index (χ0v) is 8.23. The van der Waals surface area contributed by atoms with Crippen molar-refractivity contribution in [2.75, 3.05) is 12.5 Å². The lowest BCUT2D eigenvalue weighted by atomic mass is 10.3. The quantitative estimate of drug-likeness (QED) is 0.752. The molecular formula is C9H7ClF3O2. The van der Waals surface area contributed by atoms with E-state index in [-0.39, 0.29) is 24.0 Å². The fourth-order valence-electron chi connectivity index (χ4n) is 0.862. The molecule has 0 aromatic heterocycles. The molecular weight excluding hydrogens is 233 g/mol. The molecule has 0 N–H and O–H groups in total. The van der Waals surface area contributed by atoms with Crippen LogP contribution >= 0.6 is 11.6 Å². The first-order valence-corrected chi connectivity index (χ1v) is 4.50. The maximum atomic E-state index is 11.8. The van der Waals surface area contributed by atoms with Gasteiger partial charge < -0.3 is 9.47 Å². The van der Waals surface area contributed by atoms with Crippen molar-refractivity contribution >= 4 is 11.6 Å². The predicted octanol–water partition coefficient (Wildman–Crippen LogP) is 3.00. The van der Waals surface area contributed by atoms with E-state index >= 15 is 0 Å². The normalized spacial score (nSPS) is 11.2. The monoisotopic (exact) mass is 239 g/mol. The number of alkyl halides is 4. The summed E-state index contributed by atoms with van der Waals surface area (Å²) in [4.78, 5) is 0. The van der Waals surface area contributed by atoms with E-state index in [0.29, 0.717) is 0 Å². The molecule has 15 heavy (non-hydrogen) atoms. The Morgan fingerprint density at radius 3 is 2.53 bits per heavy atom. The van der Waals surface area contributed by atoms with E-state index in [1.807, 2.05) is 0 Å². The molecule has 0 spiro atoms. The van der Waals surface area contributed by atoms with Crippen LogP contribution in [0.2, 0.25) is 0 Å². The highest BCUT2D eigenvalue weighted by Gasteiger charge is 2.31. The maximum Gasteiger partial charge on any atom is 0.573 e. The van der Waals surface area contributed by atoms with Crippen molar-refractivity contribution in [1.82, 2.24) is 0 Å². The second-order valence-corrected chi connectivity index (χ2v) is 2.87. The van der Waals surface area contributed by atoms with Crippen LogP contribution in [0.1, 0.15) is 0 Å². The summed E-state index contributed by atoms with van der Waals surface area (Å²) in [5, 5.41) is 0. The number of hydrogen-bond acceptors (Lipinski definition) is 2. The summed E-state index contributed by atoms with van der Waals surface area (Å²) in [6.07, 6.45) is -4.71. The highest BCUT2D eigenvalue weighted by molar-refractivity contribution is 6.17. The Hall–Kier alpha value is -1.10. The smallest absolute Gasteiger partial charge is 0.492 e. The molecule has 0 aliphatic rings. The molecule has 0 atom stereocenters. The van der Waals surface area contributed by atoms with Crippen molar-refractivity contribution < 1.29 is 22.6 Å². The molecule has 0 fully saturated rings. The summed E-state index contributed by atoms with van der Waals surface area (Å²) in [5.74, 6) is 0.122. The van der Waals surface area contributed by atoms with Gasteiger partial charge in [-0.3, -0.25) is 0 Å². The molecule has 6 heteroatoms. The SMILES string of the molecule is FC(F)(F)Oc1c[c]cc(OCCCl)c1. The lowest BCUT2D eigenvalue weighted by Gasteiger charge is -2.10. The second-order valence-electron chi connectivity index (χ2n) is 2.49. The molecule has 1 aromatic carbocycles. The Labute approximate surface area is 89.6 Å². The predicted molar refractivity (Wildman–Crippen MR) is 48.2 cm³/mol. The Morgan fingerprint density at radius 1 is 1.27 bits per heavy atom. The molecule has 0 heterocycles. The summed E-state index contributed by atoms with van der Waals surface area (Å²) in [5.41, 5.74) is 0. The topological polar surface area (TPSA) is 18.5 Å². The molecule has 1 aromatic rings. The third-order valence-corrected chi connectivity index (χ3v) is 1.47. The molecule has 0 aliphatic heterocycles. The Morgan fingerprint density at radius 2 is 1.93 bits per heavy atom. The van der Waals surface area contributed by atoms with Crippen molar-refractivity contribution in [3.8, 4) is 11.5 Å². The van der Waals surface area contributed by atoms with Gasteiger partial charge >= 0.3 is 6.36 Å². The zero-order valence-electron chi connectivity index (χ0n) is 7.47. The summed E-state index contributed by atoms with van der Waals surface area (Å²) in [6, 6.07) is 6.06. The summed E-state index contributed by atoms with van der Waals surface area (Å²) in [6.45, 7) is 0.213. The number of hydrogen-bond donors (Lipinski definition) is 0. The highest BCUT2D eigenvalue weighted by atomic mass is 35.5. The molecule has 1 rings (SSSR count). The van der Waals surface area contributed by atoms with E-state index in [2.05, 4.69) is 10.8 Å². The van der Waals surface area contributed by atoms with Gasteiger partial charge in [-0.25, -0.2) is 0 Å². The average molecular weight is 240 g/mol. The first-order valence-electron chi connectivity index (χ1n) is 3.97. The third-order valence-electron chi connectivity index (χ3n) is 1.32. The van der Waals surface area contributed by atoms with Gasteiger partial charge in [-0.05, 0) is 18.2 Å². The largest absolute Gasteiger partial charge is 0.573 e. The first-order chi connectivity index (χ1) is 7.01. The molecule has 83 valence electrons. The van der Waals surface area contributed by atoms with Crippen LogP contribution in [0.4, 0.5) is 13.2 Å². The Kier molecular flexibility index (Phi) is 4.08. The van der Waals surface area contributed by atoms with E-state index in [9.17, 15) is 13.2 Å².